The predicted octanol–water partition coefficient (Wildman–Crippen LogP) is 3.43. The number of hydrogen-bond acceptors (Lipinski definition) is 3. The molecule has 0 bridgehead atoms. The van der Waals surface area contributed by atoms with Crippen molar-refractivity contribution >= 4 is 33.3 Å². The number of nitrogens with zero attached hydrogens (tertiary/aromatic N) is 1. The Hall–Kier alpha value is -1.95. The molecule has 6 heteroatoms. The van der Waals surface area contributed by atoms with Crippen molar-refractivity contribution in [2.45, 2.75) is 32.2 Å². The number of piperidine rings is 1. The first-order chi connectivity index (χ1) is 10.5. The van der Waals surface area contributed by atoms with E-state index in [1.165, 1.54) is 22.3 Å². The van der Waals surface area contributed by atoms with Crippen molar-refractivity contribution in [3.63, 3.8) is 0 Å². The molecule has 1 aromatic carbocycles. The van der Waals surface area contributed by atoms with Crippen LogP contribution in [0, 0.1) is 12.7 Å². The third-order valence-electron chi connectivity index (χ3n) is 4.15. The van der Waals surface area contributed by atoms with Crippen LogP contribution < -0.4 is 0 Å². The largest absolute Gasteiger partial charge is 0.480 e. The van der Waals surface area contributed by atoms with Crippen LogP contribution in [-0.4, -0.2) is 34.5 Å². The summed E-state index contributed by atoms with van der Waals surface area (Å²) in [4.78, 5) is 26.0. The average Bonchev–Trinajstić information content (AvgIpc) is 2.85. The summed E-state index contributed by atoms with van der Waals surface area (Å²) in [6.07, 6.45) is 2.08. The molecule has 2 aromatic rings. The Morgan fingerprint density at radius 3 is 2.82 bits per heavy atom. The van der Waals surface area contributed by atoms with Crippen LogP contribution in [0.2, 0.25) is 0 Å². The third kappa shape index (κ3) is 2.37. The molecule has 1 aromatic heterocycles. The van der Waals surface area contributed by atoms with Crippen LogP contribution in [0.3, 0.4) is 0 Å². The van der Waals surface area contributed by atoms with E-state index >= 15 is 0 Å². The molecular formula is C16H16FNO3S. The summed E-state index contributed by atoms with van der Waals surface area (Å²) in [5.74, 6) is -1.62. The summed E-state index contributed by atoms with van der Waals surface area (Å²) in [6.45, 7) is 2.15. The average molecular weight is 321 g/mol. The number of fused-ring (bicyclic) bond motifs is 1. The highest BCUT2D eigenvalue weighted by molar-refractivity contribution is 7.21. The van der Waals surface area contributed by atoms with E-state index in [0.29, 0.717) is 33.5 Å². The van der Waals surface area contributed by atoms with Gasteiger partial charge < -0.3 is 10.0 Å². The Morgan fingerprint density at radius 2 is 2.14 bits per heavy atom. The molecule has 0 radical (unpaired) electrons. The maximum absolute atomic E-state index is 14.0. The van der Waals surface area contributed by atoms with Crippen molar-refractivity contribution in [3.8, 4) is 0 Å². The van der Waals surface area contributed by atoms with Gasteiger partial charge in [-0.3, -0.25) is 4.79 Å². The van der Waals surface area contributed by atoms with E-state index in [2.05, 4.69) is 0 Å². The minimum atomic E-state index is -0.974. The number of thiophene rings is 1. The van der Waals surface area contributed by atoms with Gasteiger partial charge in [0.05, 0.1) is 4.88 Å². The van der Waals surface area contributed by atoms with Crippen molar-refractivity contribution in [1.82, 2.24) is 4.90 Å². The van der Waals surface area contributed by atoms with Crippen LogP contribution in [0.25, 0.3) is 10.1 Å². The maximum atomic E-state index is 14.0. The molecule has 1 aliphatic heterocycles. The molecule has 1 aliphatic rings. The molecule has 1 unspecified atom stereocenters. The van der Waals surface area contributed by atoms with Crippen molar-refractivity contribution in [3.05, 3.63) is 34.5 Å². The van der Waals surface area contributed by atoms with Crippen molar-refractivity contribution in [2.24, 2.45) is 0 Å². The number of benzene rings is 1. The van der Waals surface area contributed by atoms with Crippen LogP contribution >= 0.6 is 11.3 Å². The van der Waals surface area contributed by atoms with Crippen LogP contribution in [0.1, 0.15) is 34.5 Å². The van der Waals surface area contributed by atoms with Gasteiger partial charge in [0.1, 0.15) is 11.9 Å². The van der Waals surface area contributed by atoms with Gasteiger partial charge in [-0.1, -0.05) is 6.07 Å². The molecule has 1 atom stereocenters. The topological polar surface area (TPSA) is 57.6 Å². The van der Waals surface area contributed by atoms with Gasteiger partial charge in [-0.05, 0) is 43.9 Å². The standard InChI is InChI=1S/C16H16FNO3S/c1-9-13-10(17)5-4-7-12(13)22-14(9)15(19)18-8-3-2-6-11(18)16(20)21/h4-5,7,11H,2-3,6,8H2,1H3,(H,20,21). The summed E-state index contributed by atoms with van der Waals surface area (Å²) in [7, 11) is 0. The lowest BCUT2D eigenvalue weighted by Gasteiger charge is -2.32. The third-order valence-corrected chi connectivity index (χ3v) is 5.39. The van der Waals surface area contributed by atoms with E-state index in [4.69, 9.17) is 0 Å². The minimum Gasteiger partial charge on any atom is -0.480 e. The minimum absolute atomic E-state index is 0.301. The van der Waals surface area contributed by atoms with E-state index in [9.17, 15) is 19.1 Å². The number of aryl methyl sites for hydroxylation is 1. The fraction of sp³-hybridized carbons (Fsp3) is 0.375. The zero-order chi connectivity index (χ0) is 15.9. The van der Waals surface area contributed by atoms with E-state index in [1.807, 2.05) is 0 Å². The highest BCUT2D eigenvalue weighted by Crippen LogP contribution is 2.34. The zero-order valence-corrected chi connectivity index (χ0v) is 13.0. The summed E-state index contributed by atoms with van der Waals surface area (Å²) < 4.78 is 14.7. The molecule has 0 aliphatic carbocycles. The van der Waals surface area contributed by atoms with Crippen LogP contribution in [0.5, 0.6) is 0 Å². The first-order valence-electron chi connectivity index (χ1n) is 7.22. The Kier molecular flexibility index (Phi) is 3.87. The molecule has 4 nitrogen and oxygen atoms in total. The normalized spacial score (nSPS) is 18.6. The number of aliphatic carboxylic acids is 1. The van der Waals surface area contributed by atoms with Crippen molar-refractivity contribution in [1.29, 1.82) is 0 Å². The number of carboxylic acids is 1. The Bertz CT molecular complexity index is 755. The number of likely N-dealkylation sites (tertiary alicyclic amines) is 1. The second-order valence-corrected chi connectivity index (χ2v) is 6.57. The van der Waals surface area contributed by atoms with E-state index in [-0.39, 0.29) is 11.7 Å². The highest BCUT2D eigenvalue weighted by Gasteiger charge is 2.34. The monoisotopic (exact) mass is 321 g/mol. The predicted molar refractivity (Wildman–Crippen MR) is 82.8 cm³/mol. The lowest BCUT2D eigenvalue weighted by atomic mass is 10.0. The van der Waals surface area contributed by atoms with Gasteiger partial charge in [-0.25, -0.2) is 9.18 Å². The van der Waals surface area contributed by atoms with E-state index in [1.54, 1.807) is 19.1 Å². The van der Waals surface area contributed by atoms with Gasteiger partial charge in [0, 0.05) is 16.6 Å². The molecule has 3 rings (SSSR count). The second kappa shape index (κ2) is 5.68. The first kappa shape index (κ1) is 15.0. The molecular weight excluding hydrogens is 305 g/mol. The van der Waals surface area contributed by atoms with Crippen LogP contribution in [0.4, 0.5) is 4.39 Å². The van der Waals surface area contributed by atoms with E-state index < -0.39 is 12.0 Å². The summed E-state index contributed by atoms with van der Waals surface area (Å²) in [6, 6.07) is 3.98. The molecule has 0 saturated carbocycles. The lowest BCUT2D eigenvalue weighted by Crippen LogP contribution is -2.47. The number of carboxylic acid groups (broad SMARTS) is 1. The first-order valence-corrected chi connectivity index (χ1v) is 8.03. The van der Waals surface area contributed by atoms with Crippen LogP contribution in [-0.2, 0) is 4.79 Å². The second-order valence-electron chi connectivity index (χ2n) is 5.52. The van der Waals surface area contributed by atoms with Gasteiger partial charge in [-0.15, -0.1) is 11.3 Å². The number of amides is 1. The molecule has 1 fully saturated rings. The highest BCUT2D eigenvalue weighted by atomic mass is 32.1. The molecule has 1 N–H and O–H groups in total. The molecule has 1 amide bonds. The quantitative estimate of drug-likeness (QED) is 0.922. The SMILES string of the molecule is Cc1c(C(=O)N2CCCCC2C(=O)O)sc2cccc(F)c12. The fourth-order valence-corrected chi connectivity index (χ4v) is 4.20. The van der Waals surface area contributed by atoms with Crippen molar-refractivity contribution in [2.75, 3.05) is 6.54 Å². The van der Waals surface area contributed by atoms with Crippen LogP contribution in [0.15, 0.2) is 18.2 Å². The van der Waals surface area contributed by atoms with E-state index in [0.717, 1.165) is 12.8 Å². The number of hydrogen-bond donors (Lipinski definition) is 1. The summed E-state index contributed by atoms with van der Waals surface area (Å²) in [5.41, 5.74) is 0.595. The Morgan fingerprint density at radius 1 is 1.36 bits per heavy atom. The fourth-order valence-electron chi connectivity index (χ4n) is 3.02. The number of carbonyl (C=O) groups is 2. The maximum Gasteiger partial charge on any atom is 0.326 e. The Labute approximate surface area is 131 Å². The van der Waals surface area contributed by atoms with Gasteiger partial charge in [0.15, 0.2) is 0 Å². The number of rotatable bonds is 2. The Balaban J connectivity index is 2.03. The summed E-state index contributed by atoms with van der Waals surface area (Å²) >= 11 is 1.23. The molecule has 2 heterocycles. The smallest absolute Gasteiger partial charge is 0.326 e. The van der Waals surface area contributed by atoms with Crippen molar-refractivity contribution < 1.29 is 19.1 Å². The molecule has 0 spiro atoms. The summed E-state index contributed by atoms with van der Waals surface area (Å²) in [5, 5.41) is 9.77. The molecule has 22 heavy (non-hydrogen) atoms. The zero-order valence-electron chi connectivity index (χ0n) is 12.1. The van der Waals surface area contributed by atoms with Gasteiger partial charge in [0.2, 0.25) is 0 Å². The van der Waals surface area contributed by atoms with Gasteiger partial charge >= 0.3 is 5.97 Å². The number of carbonyl (C=O) groups excluding carboxylic acids is 1. The molecule has 1 saturated heterocycles. The molecule has 116 valence electrons. The van der Waals surface area contributed by atoms with Gasteiger partial charge in [0.25, 0.3) is 5.91 Å². The number of halogens is 1. The van der Waals surface area contributed by atoms with Gasteiger partial charge in [-0.2, -0.15) is 0 Å². The lowest BCUT2D eigenvalue weighted by molar-refractivity contribution is -0.143.